The van der Waals surface area contributed by atoms with E-state index >= 15 is 0 Å². The molecule has 1 atom stereocenters. The number of rotatable bonds is 20. The fourth-order valence-corrected chi connectivity index (χ4v) is 37.0. The number of halogens is 12. The van der Waals surface area contributed by atoms with Crippen LogP contribution in [-0.4, -0.2) is 211 Å². The predicted octanol–water partition coefficient (Wildman–Crippen LogP) is 18.7. The van der Waals surface area contributed by atoms with Crippen molar-refractivity contribution in [2.24, 2.45) is 0 Å². The van der Waals surface area contributed by atoms with Crippen molar-refractivity contribution in [1.82, 2.24) is 20.0 Å². The topological polar surface area (TPSA) is 305 Å². The van der Waals surface area contributed by atoms with Gasteiger partial charge in [0.05, 0.1) is 51.7 Å². The van der Waals surface area contributed by atoms with E-state index in [-0.39, 0.29) is 127 Å². The fraction of sp³-hybridized carbons (Fsp3) is 0.423. The number of alkyl carbamates (subject to hydrolysis) is 1. The summed E-state index contributed by atoms with van der Waals surface area (Å²) >= 11 is 6.50. The molecule has 0 aliphatic carbocycles. The van der Waals surface area contributed by atoms with E-state index in [9.17, 15) is 68.1 Å². The molecule has 3 heterocycles. The summed E-state index contributed by atoms with van der Waals surface area (Å²) in [6.45, 7) is 59.3. The molecular formula is C97H139Br4F8Mg2N11O11SSi6. The fourth-order valence-electron chi connectivity index (χ4n) is 12.7. The third kappa shape index (κ3) is 55.0. The van der Waals surface area contributed by atoms with Crippen LogP contribution in [0.4, 0.5) is 68.4 Å². The number of nitrogens with two attached hydrogens (primary N) is 2. The van der Waals surface area contributed by atoms with Crippen molar-refractivity contribution in [3.05, 3.63) is 265 Å². The number of benzene rings is 8. The molecule has 1 amide bonds. The molecule has 22 nitrogen and oxygen atoms in total. The molecule has 2 fully saturated rings. The second-order valence-electron chi connectivity index (χ2n) is 37.6. The van der Waals surface area contributed by atoms with Gasteiger partial charge in [-0.05, 0) is 207 Å². The molecule has 0 bridgehead atoms. The van der Waals surface area contributed by atoms with Crippen LogP contribution in [0.3, 0.4) is 0 Å². The SMILES string of the molecule is C1CCOC1.C1CCOC1.CCN(CC)CC.CN(c1cc(Br)ccc1F)[Si](C)(C)C.C[Si](C)(C)N(c1c[c-]ccc1F)[Si](C)(C)C.C[Si](C)(C)N(c1c[c-]ccc1F)[Si](C)(C)C.C[Si](C)(C)OS(=O)(=O)C(F)(F)F.Cc1cc(C(=O)O)n(-c2cccc(CNC(=O)OC(C)(C)C)c2)n1.N#Cc1ccc(C(O)c2ccc(F)c(N)c2)cc1.N#Cc1ccc(C=O)cc1.Nc1cc(Br)ccc1F.[Br-].[Br-].[Mg+2].[Mg+2]. The number of nitrogens with zero attached hydrogens (tertiary/aromatic N) is 8. The van der Waals surface area contributed by atoms with Crippen LogP contribution in [0.5, 0.6) is 0 Å². The summed E-state index contributed by atoms with van der Waals surface area (Å²) in [7, 11) is -13.9. The average Bonchev–Trinajstić information content (AvgIpc) is 0.971. The van der Waals surface area contributed by atoms with Gasteiger partial charge in [-0.1, -0.05) is 205 Å². The van der Waals surface area contributed by atoms with Crippen LogP contribution in [0.15, 0.2) is 179 Å². The summed E-state index contributed by atoms with van der Waals surface area (Å²) in [6, 6.07) is 55.0. The maximum atomic E-state index is 13.9. The normalized spacial score (nSPS) is 12.2. The second kappa shape index (κ2) is 66.4. The van der Waals surface area contributed by atoms with E-state index in [1.807, 2.05) is 31.3 Å². The standard InChI is InChI=1S/C17H21N3O4.C14H11FN2O.2C12H21FNSi2.C10H15BrFNSi.C8H5NO.C6H5BrFN.C6H15N.C4H9F3O3SSi.2C4H8O.2BrH.2Mg/c1-11-8-14(15(21)22)20(19-11)13-7-5-6-12(9-13)10-18-16(23)24-17(2,3)4;15-12-6-5-11(7-13(12)17)14(18)10-3-1-9(8-16)2-4-10;2*1-15(2,3)14(16(4,5)6)12-10-8-7-9-11(12)13;1-13(14(2,3)4)10-7-8(11)5-6-9(10)12;9-5-7-1-3-8(6-10)4-2-7;7-4-1-2-5(8)6(9)3-4;1-4-7(5-2)6-3;1-12(2,3)10-11(8,9)4(5,6)7;2*1-2-4-5-3-1;;;;/h5-9H,10H2,1-4H3,(H,18,23)(H,21,22);1-7,14,18H,17H2;2*7,9-10H,1-6H3;5-7H,1-4H3;1-4,6H;1-3H,9H2;4-6H2,1-3H3;1-3H3;2*1-4H2;2*1H;;/q;;2*-1;;;;;;;;;;2*+2/p-2. The van der Waals surface area contributed by atoms with Crippen LogP contribution in [0.2, 0.25) is 118 Å². The summed E-state index contributed by atoms with van der Waals surface area (Å²) in [6.07, 6.45) is 4.47. The molecule has 766 valence electrons. The van der Waals surface area contributed by atoms with Crippen LogP contribution in [0.1, 0.15) is 128 Å². The molecule has 2 saturated heterocycles. The molecule has 8 aromatic carbocycles. The number of carboxylic acid groups (broad SMARTS) is 1. The number of alkyl halides is 3. The molecule has 1 aromatic heterocycles. The van der Waals surface area contributed by atoms with Crippen LogP contribution in [0.25, 0.3) is 5.69 Å². The smallest absolute Gasteiger partial charge is 1.00 e. The van der Waals surface area contributed by atoms with Crippen molar-refractivity contribution in [3.63, 3.8) is 0 Å². The molecule has 2 aliphatic heterocycles. The number of nitrogens with one attached hydrogen (secondary N) is 1. The molecular weight excluding hydrogens is 2220 g/mol. The van der Waals surface area contributed by atoms with Gasteiger partial charge in [-0.15, -0.1) is 12.1 Å². The number of hydrogen-bond donors (Lipinski definition) is 5. The third-order valence-electron chi connectivity index (χ3n) is 18.5. The number of aryl methyl sites for hydroxylation is 1. The Balaban J connectivity index is -0.000000742. The zero-order valence-electron chi connectivity index (χ0n) is 85.5. The Labute approximate surface area is 902 Å². The average molecular weight is 2360 g/mol. The second-order valence-corrected chi connectivity index (χ2v) is 70.8. The Kier molecular flexibility index (Phi) is 66.2. The first-order valence-electron chi connectivity index (χ1n) is 44.0. The van der Waals surface area contributed by atoms with Gasteiger partial charge >= 0.3 is 73.8 Å². The molecule has 1 unspecified atom stereocenters. The van der Waals surface area contributed by atoms with E-state index in [4.69, 9.17) is 36.2 Å². The number of aromatic nitrogens is 2. The van der Waals surface area contributed by atoms with Gasteiger partial charge in [0.1, 0.15) is 76.6 Å². The number of aliphatic hydroxyl groups excluding tert-OH is 1. The number of aldehydes is 1. The minimum absolute atomic E-state index is 0. The molecule has 7 N–H and O–H groups in total. The number of amides is 1. The summed E-state index contributed by atoms with van der Waals surface area (Å²) in [5, 5.41) is 43.3. The Hall–Kier alpha value is -6.70. The van der Waals surface area contributed by atoms with Gasteiger partial charge in [0.15, 0.2) is 5.69 Å². The number of carbonyl (C=O) groups is 3. The predicted molar refractivity (Wildman–Crippen MR) is 569 cm³/mol. The maximum absolute atomic E-state index is 13.9. The third-order valence-corrected chi connectivity index (χ3v) is 39.6. The number of ether oxygens (including phenoxy) is 3. The molecule has 9 aromatic rings. The van der Waals surface area contributed by atoms with Crippen molar-refractivity contribution < 1.29 is 120 Å². The van der Waals surface area contributed by atoms with Crippen LogP contribution < -0.4 is 63.8 Å². The summed E-state index contributed by atoms with van der Waals surface area (Å²) < 4.78 is 151. The van der Waals surface area contributed by atoms with Gasteiger partial charge in [-0.3, -0.25) is 4.79 Å². The van der Waals surface area contributed by atoms with E-state index in [1.165, 1.54) is 124 Å². The number of aromatic carboxylic acids is 1. The summed E-state index contributed by atoms with van der Waals surface area (Å²) in [5.74, 6) is -2.33. The van der Waals surface area contributed by atoms with Crippen LogP contribution in [0, 0.1) is 70.8 Å². The van der Waals surface area contributed by atoms with Gasteiger partial charge in [0.25, 0.3) is 0 Å². The number of aliphatic hydroxyl groups is 1. The number of anilines is 5. The number of nitriles is 2. The number of hydrogen-bond acceptors (Lipinski definition) is 19. The first-order chi connectivity index (χ1) is 62.7. The Morgan fingerprint density at radius 2 is 0.979 bits per heavy atom. The van der Waals surface area contributed by atoms with Crippen molar-refractivity contribution in [2.75, 3.05) is 77.6 Å². The number of carbonyl (C=O) groups excluding carboxylic acids is 2. The molecule has 2 aliphatic rings. The van der Waals surface area contributed by atoms with E-state index in [1.54, 1.807) is 131 Å². The summed E-state index contributed by atoms with van der Waals surface area (Å²) in [4.78, 5) is 35.5. The number of carboxylic acids is 1. The van der Waals surface area contributed by atoms with E-state index in [0.717, 1.165) is 58.6 Å². The minimum atomic E-state index is -5.39. The maximum Gasteiger partial charge on any atom is 2.00 e. The molecule has 11 rings (SSSR count). The van der Waals surface area contributed by atoms with Crippen molar-refractivity contribution in [1.29, 1.82) is 10.5 Å². The monoisotopic (exact) mass is 2350 g/mol. The van der Waals surface area contributed by atoms with E-state index in [2.05, 4.69) is 195 Å². The Morgan fingerprint density at radius 3 is 1.30 bits per heavy atom. The first kappa shape index (κ1) is 140. The number of nitrogen functional groups attached to an aromatic ring is 2. The molecule has 0 spiro atoms. The largest absolute Gasteiger partial charge is 2.00 e. The van der Waals surface area contributed by atoms with Gasteiger partial charge in [-0.2, -0.15) is 73.6 Å². The zero-order chi connectivity index (χ0) is 104. The minimum Gasteiger partial charge on any atom is -1.00 e. The molecule has 43 heteroatoms. The summed E-state index contributed by atoms with van der Waals surface area (Å²) in [5.41, 5.74) is 12.1. The van der Waals surface area contributed by atoms with Gasteiger partial charge < -0.3 is 97.0 Å². The molecule has 0 saturated carbocycles. The van der Waals surface area contributed by atoms with Crippen molar-refractivity contribution in [2.45, 2.75) is 216 Å². The van der Waals surface area contributed by atoms with Gasteiger partial charge in [-0.25, -0.2) is 36.2 Å². The van der Waals surface area contributed by atoms with Crippen LogP contribution >= 0.6 is 31.9 Å². The first-order valence-corrected chi connectivity index (χ1v) is 67.6. The Morgan fingerprint density at radius 1 is 0.586 bits per heavy atom. The van der Waals surface area contributed by atoms with Crippen molar-refractivity contribution in [3.8, 4) is 17.8 Å². The van der Waals surface area contributed by atoms with E-state index in [0.29, 0.717) is 44.9 Å². The molecule has 140 heavy (non-hydrogen) atoms. The van der Waals surface area contributed by atoms with E-state index < -0.39 is 94.7 Å². The molecule has 0 radical (unpaired) electrons. The van der Waals surface area contributed by atoms with Crippen molar-refractivity contribution >= 4 is 184 Å². The zero-order valence-corrected chi connectivity index (χ0v) is 101. The van der Waals surface area contributed by atoms with Gasteiger partial charge in [0.2, 0.25) is 8.32 Å². The quantitative estimate of drug-likeness (QED) is 0.0118. The Bertz CT molecular complexity index is 5240. The van der Waals surface area contributed by atoms with Crippen LogP contribution in [-0.2, 0) is 34.7 Å². The van der Waals surface area contributed by atoms with Gasteiger partial charge in [0, 0.05) is 59.1 Å².